The predicted molar refractivity (Wildman–Crippen MR) is 107 cm³/mol. The Morgan fingerprint density at radius 2 is 1.75 bits per heavy atom. The van der Waals surface area contributed by atoms with Gasteiger partial charge in [-0.25, -0.2) is 0 Å². The van der Waals surface area contributed by atoms with Crippen LogP contribution in [0.5, 0.6) is 11.5 Å². The molecule has 0 radical (unpaired) electrons. The fourth-order valence-electron chi connectivity index (χ4n) is 3.13. The lowest BCUT2D eigenvalue weighted by Crippen LogP contribution is -3.08. The largest absolute Gasteiger partial charge is 0.454 e. The SMILES string of the molecule is CC(=O)c1cc2c(cc1NC(=O)C[NH+](C)Cc1ccc(N(C)C)cc1)OCO2. The van der Waals surface area contributed by atoms with Gasteiger partial charge in [-0.05, 0) is 25.1 Å². The van der Waals surface area contributed by atoms with Gasteiger partial charge in [-0.1, -0.05) is 12.1 Å². The Balaban J connectivity index is 1.63. The first-order valence-corrected chi connectivity index (χ1v) is 9.15. The van der Waals surface area contributed by atoms with Crippen molar-refractivity contribution >= 4 is 23.1 Å². The number of quaternary nitrogens is 1. The lowest BCUT2D eigenvalue weighted by Gasteiger charge is -2.16. The zero-order valence-electron chi connectivity index (χ0n) is 16.7. The Morgan fingerprint density at radius 1 is 1.11 bits per heavy atom. The van der Waals surface area contributed by atoms with Crippen LogP contribution >= 0.6 is 0 Å². The standard InChI is InChI=1S/C21H25N3O4/c1-14(25)17-9-19-20(28-13-27-19)10-18(17)22-21(26)12-24(4)11-15-5-7-16(8-6-15)23(2)3/h5-10H,11-13H2,1-4H3,(H,22,26)/p+1. The number of rotatable bonds is 7. The van der Waals surface area contributed by atoms with Gasteiger partial charge in [0.15, 0.2) is 23.8 Å². The average molecular weight is 384 g/mol. The summed E-state index contributed by atoms with van der Waals surface area (Å²) >= 11 is 0. The van der Waals surface area contributed by atoms with Crippen molar-refractivity contribution in [1.29, 1.82) is 0 Å². The molecule has 0 saturated carbocycles. The molecule has 1 aliphatic heterocycles. The van der Waals surface area contributed by atoms with Crippen LogP contribution in [0.2, 0.25) is 0 Å². The zero-order valence-corrected chi connectivity index (χ0v) is 16.7. The van der Waals surface area contributed by atoms with E-state index in [9.17, 15) is 9.59 Å². The number of amides is 1. The molecule has 2 N–H and O–H groups in total. The highest BCUT2D eigenvalue weighted by atomic mass is 16.7. The van der Waals surface area contributed by atoms with E-state index in [1.807, 2.05) is 26.0 Å². The van der Waals surface area contributed by atoms with Crippen LogP contribution in [0, 0.1) is 0 Å². The van der Waals surface area contributed by atoms with Crippen molar-refractivity contribution in [2.24, 2.45) is 0 Å². The monoisotopic (exact) mass is 384 g/mol. The molecular formula is C21H26N3O4+. The quantitative estimate of drug-likeness (QED) is 0.705. The second kappa shape index (κ2) is 8.31. The molecule has 1 heterocycles. The number of carbonyl (C=O) groups is 2. The average Bonchev–Trinajstić information content (AvgIpc) is 3.08. The van der Waals surface area contributed by atoms with Gasteiger partial charge in [-0.3, -0.25) is 9.59 Å². The summed E-state index contributed by atoms with van der Waals surface area (Å²) in [5.41, 5.74) is 3.15. The molecule has 148 valence electrons. The molecule has 0 aliphatic carbocycles. The highest BCUT2D eigenvalue weighted by molar-refractivity contribution is 6.04. The van der Waals surface area contributed by atoms with Crippen LogP contribution in [0.1, 0.15) is 22.8 Å². The Labute approximate surface area is 164 Å². The summed E-state index contributed by atoms with van der Waals surface area (Å²) in [6, 6.07) is 11.5. The minimum absolute atomic E-state index is 0.115. The van der Waals surface area contributed by atoms with E-state index in [2.05, 4.69) is 29.6 Å². The maximum Gasteiger partial charge on any atom is 0.279 e. The molecule has 7 heteroatoms. The van der Waals surface area contributed by atoms with Gasteiger partial charge in [0.2, 0.25) is 6.79 Å². The Hall–Kier alpha value is -3.06. The van der Waals surface area contributed by atoms with Gasteiger partial charge in [0.25, 0.3) is 5.91 Å². The Morgan fingerprint density at radius 3 is 2.36 bits per heavy atom. The molecule has 0 fully saturated rings. The minimum Gasteiger partial charge on any atom is -0.454 e. The molecule has 7 nitrogen and oxygen atoms in total. The van der Waals surface area contributed by atoms with Crippen molar-refractivity contribution in [2.45, 2.75) is 13.5 Å². The van der Waals surface area contributed by atoms with Crippen LogP contribution in [0.15, 0.2) is 36.4 Å². The molecule has 2 aromatic carbocycles. The topological polar surface area (TPSA) is 72.3 Å². The summed E-state index contributed by atoms with van der Waals surface area (Å²) in [4.78, 5) is 27.5. The lowest BCUT2D eigenvalue weighted by atomic mass is 10.1. The van der Waals surface area contributed by atoms with Gasteiger partial charge in [0.1, 0.15) is 6.54 Å². The van der Waals surface area contributed by atoms with Crippen molar-refractivity contribution in [3.05, 3.63) is 47.5 Å². The van der Waals surface area contributed by atoms with Crippen LogP contribution in [0.25, 0.3) is 0 Å². The molecule has 1 amide bonds. The number of benzene rings is 2. The molecular weight excluding hydrogens is 358 g/mol. The second-order valence-corrected chi connectivity index (χ2v) is 7.23. The van der Waals surface area contributed by atoms with Crippen molar-refractivity contribution < 1.29 is 24.0 Å². The number of ketones is 1. The van der Waals surface area contributed by atoms with E-state index in [0.717, 1.165) is 22.7 Å². The molecule has 1 aliphatic rings. The van der Waals surface area contributed by atoms with Gasteiger partial charge in [-0.2, -0.15) is 0 Å². The number of nitrogens with zero attached hydrogens (tertiary/aromatic N) is 1. The predicted octanol–water partition coefficient (Wildman–Crippen LogP) is 1.34. The van der Waals surface area contributed by atoms with Crippen molar-refractivity contribution in [1.82, 2.24) is 0 Å². The maximum absolute atomic E-state index is 12.5. The second-order valence-electron chi connectivity index (χ2n) is 7.23. The minimum atomic E-state index is -0.163. The van der Waals surface area contributed by atoms with Crippen molar-refractivity contribution in [3.63, 3.8) is 0 Å². The molecule has 2 aromatic rings. The number of anilines is 2. The normalized spacial score (nSPS) is 13.1. The highest BCUT2D eigenvalue weighted by Gasteiger charge is 2.21. The van der Waals surface area contributed by atoms with E-state index in [0.29, 0.717) is 22.7 Å². The molecule has 0 spiro atoms. The number of hydrogen-bond acceptors (Lipinski definition) is 5. The summed E-state index contributed by atoms with van der Waals surface area (Å²) in [5.74, 6) is 0.744. The van der Waals surface area contributed by atoms with Crippen molar-refractivity contribution in [3.8, 4) is 11.5 Å². The molecule has 28 heavy (non-hydrogen) atoms. The van der Waals surface area contributed by atoms with Crippen LogP contribution in [0.3, 0.4) is 0 Å². The van der Waals surface area contributed by atoms with Crippen LogP contribution < -0.4 is 24.6 Å². The number of nitrogens with one attached hydrogen (secondary N) is 2. The zero-order chi connectivity index (χ0) is 20.3. The highest BCUT2D eigenvalue weighted by Crippen LogP contribution is 2.37. The third kappa shape index (κ3) is 4.61. The van der Waals surface area contributed by atoms with Gasteiger partial charge >= 0.3 is 0 Å². The smallest absolute Gasteiger partial charge is 0.279 e. The molecule has 0 bridgehead atoms. The number of ether oxygens (including phenoxy) is 2. The Kier molecular flexibility index (Phi) is 5.84. The van der Waals surface area contributed by atoms with Crippen LogP contribution in [0.4, 0.5) is 11.4 Å². The summed E-state index contributed by atoms with van der Waals surface area (Å²) < 4.78 is 10.7. The first-order chi connectivity index (χ1) is 13.3. The molecule has 3 rings (SSSR count). The number of hydrogen-bond donors (Lipinski definition) is 2. The molecule has 1 unspecified atom stereocenters. The van der Waals surface area contributed by atoms with Crippen LogP contribution in [-0.4, -0.2) is 46.2 Å². The number of fused-ring (bicyclic) bond motifs is 1. The summed E-state index contributed by atoms with van der Waals surface area (Å²) in [6.45, 7) is 2.58. The summed E-state index contributed by atoms with van der Waals surface area (Å²) in [7, 11) is 5.97. The summed E-state index contributed by atoms with van der Waals surface area (Å²) in [6.07, 6.45) is 0. The van der Waals surface area contributed by atoms with E-state index in [1.165, 1.54) is 6.92 Å². The van der Waals surface area contributed by atoms with E-state index in [1.54, 1.807) is 12.1 Å². The number of carbonyl (C=O) groups excluding carboxylic acids is 2. The van der Waals surface area contributed by atoms with E-state index < -0.39 is 0 Å². The van der Waals surface area contributed by atoms with Gasteiger partial charge < -0.3 is 24.6 Å². The van der Waals surface area contributed by atoms with E-state index in [4.69, 9.17) is 9.47 Å². The first-order valence-electron chi connectivity index (χ1n) is 9.15. The molecule has 0 saturated heterocycles. The third-order valence-corrected chi connectivity index (χ3v) is 4.59. The van der Waals surface area contributed by atoms with Crippen LogP contribution in [-0.2, 0) is 11.3 Å². The van der Waals surface area contributed by atoms with Crippen molar-refractivity contribution in [2.75, 3.05) is 44.7 Å². The van der Waals surface area contributed by atoms with Gasteiger partial charge in [0.05, 0.1) is 12.7 Å². The van der Waals surface area contributed by atoms with Gasteiger partial charge in [-0.15, -0.1) is 0 Å². The summed E-state index contributed by atoms with van der Waals surface area (Å²) in [5, 5.41) is 2.84. The molecule has 1 atom stereocenters. The fourth-order valence-corrected chi connectivity index (χ4v) is 3.13. The van der Waals surface area contributed by atoms with Gasteiger partial charge in [0, 0.05) is 37.0 Å². The number of Topliss-reactive ketones (excluding diaryl/α,β-unsaturated/α-hetero) is 1. The third-order valence-electron chi connectivity index (χ3n) is 4.59. The lowest BCUT2D eigenvalue weighted by molar-refractivity contribution is -0.885. The Bertz CT molecular complexity index is 878. The first kappa shape index (κ1) is 19.7. The van der Waals surface area contributed by atoms with E-state index in [-0.39, 0.29) is 25.0 Å². The molecule has 0 aromatic heterocycles. The van der Waals surface area contributed by atoms with E-state index >= 15 is 0 Å². The number of likely N-dealkylation sites (N-methyl/N-ethyl adjacent to an activating group) is 1. The fraction of sp³-hybridized carbons (Fsp3) is 0.333. The maximum atomic E-state index is 12.5.